The standard InChI is InChI=1S/C12H14F2N2O4/c1-7(17)3-2-4-15-12(18)9-5-8(13)6-10(11(9)14)16(19)20/h5-7,17H,2-4H2,1H3,(H,15,18). The summed E-state index contributed by atoms with van der Waals surface area (Å²) >= 11 is 0. The van der Waals surface area contributed by atoms with Gasteiger partial charge in [0.15, 0.2) is 0 Å². The van der Waals surface area contributed by atoms with E-state index in [1.165, 1.54) is 0 Å². The zero-order chi connectivity index (χ0) is 15.3. The normalized spacial score (nSPS) is 12.0. The molecule has 1 aromatic carbocycles. The topological polar surface area (TPSA) is 92.5 Å². The Morgan fingerprint density at radius 2 is 2.15 bits per heavy atom. The maximum absolute atomic E-state index is 13.7. The number of benzene rings is 1. The molecule has 0 aromatic heterocycles. The summed E-state index contributed by atoms with van der Waals surface area (Å²) in [5.41, 5.74) is -1.80. The summed E-state index contributed by atoms with van der Waals surface area (Å²) < 4.78 is 26.8. The highest BCUT2D eigenvalue weighted by atomic mass is 19.1. The molecular weight excluding hydrogens is 274 g/mol. The minimum absolute atomic E-state index is 0.146. The lowest BCUT2D eigenvalue weighted by Gasteiger charge is -2.07. The predicted molar refractivity (Wildman–Crippen MR) is 66.3 cm³/mol. The van der Waals surface area contributed by atoms with Gasteiger partial charge in [-0.3, -0.25) is 14.9 Å². The van der Waals surface area contributed by atoms with Crippen molar-refractivity contribution in [2.75, 3.05) is 6.54 Å². The molecule has 0 radical (unpaired) electrons. The highest BCUT2D eigenvalue weighted by Gasteiger charge is 2.23. The van der Waals surface area contributed by atoms with Gasteiger partial charge in [0, 0.05) is 6.54 Å². The molecule has 20 heavy (non-hydrogen) atoms. The van der Waals surface area contributed by atoms with Gasteiger partial charge in [0.25, 0.3) is 5.91 Å². The van der Waals surface area contributed by atoms with Gasteiger partial charge in [0.05, 0.1) is 22.7 Å². The van der Waals surface area contributed by atoms with Crippen molar-refractivity contribution in [2.45, 2.75) is 25.9 Å². The van der Waals surface area contributed by atoms with Gasteiger partial charge in [0.2, 0.25) is 5.82 Å². The molecule has 0 heterocycles. The molecule has 0 aliphatic heterocycles. The van der Waals surface area contributed by atoms with Crippen LogP contribution < -0.4 is 5.32 Å². The molecule has 0 fully saturated rings. The van der Waals surface area contributed by atoms with E-state index in [0.717, 1.165) is 0 Å². The number of aliphatic hydroxyl groups excluding tert-OH is 1. The number of carbonyl (C=O) groups is 1. The minimum Gasteiger partial charge on any atom is -0.393 e. The number of hydrogen-bond donors (Lipinski definition) is 2. The van der Waals surface area contributed by atoms with Crippen LogP contribution in [0.25, 0.3) is 0 Å². The molecule has 1 aromatic rings. The van der Waals surface area contributed by atoms with Crippen molar-refractivity contribution >= 4 is 11.6 Å². The van der Waals surface area contributed by atoms with Crippen LogP contribution in [0.3, 0.4) is 0 Å². The Kier molecular flexibility index (Phi) is 5.51. The number of nitro benzene ring substituents is 1. The maximum Gasteiger partial charge on any atom is 0.308 e. The molecule has 6 nitrogen and oxygen atoms in total. The van der Waals surface area contributed by atoms with Gasteiger partial charge >= 0.3 is 5.69 Å². The van der Waals surface area contributed by atoms with E-state index in [0.29, 0.717) is 25.0 Å². The van der Waals surface area contributed by atoms with Gasteiger partial charge in [0.1, 0.15) is 5.82 Å². The van der Waals surface area contributed by atoms with Crippen molar-refractivity contribution in [3.05, 3.63) is 39.4 Å². The average Bonchev–Trinajstić information content (AvgIpc) is 2.36. The highest BCUT2D eigenvalue weighted by Crippen LogP contribution is 2.22. The number of hydrogen-bond acceptors (Lipinski definition) is 4. The Labute approximate surface area is 113 Å². The SMILES string of the molecule is CC(O)CCCNC(=O)c1cc(F)cc([N+](=O)[O-])c1F. The van der Waals surface area contributed by atoms with Crippen LogP contribution in [0, 0.1) is 21.7 Å². The van der Waals surface area contributed by atoms with Crippen molar-refractivity contribution in [2.24, 2.45) is 0 Å². The fourth-order valence-electron chi connectivity index (χ4n) is 1.57. The number of nitrogens with one attached hydrogen (secondary N) is 1. The smallest absolute Gasteiger partial charge is 0.308 e. The first-order chi connectivity index (χ1) is 9.32. The molecule has 1 rings (SSSR count). The summed E-state index contributed by atoms with van der Waals surface area (Å²) in [6, 6.07) is 1.02. The van der Waals surface area contributed by atoms with Gasteiger partial charge in [-0.15, -0.1) is 0 Å². The summed E-state index contributed by atoms with van der Waals surface area (Å²) in [5.74, 6) is -3.37. The van der Waals surface area contributed by atoms with Gasteiger partial charge in [-0.25, -0.2) is 4.39 Å². The summed E-state index contributed by atoms with van der Waals surface area (Å²) in [6.07, 6.45) is 0.355. The van der Waals surface area contributed by atoms with Gasteiger partial charge in [-0.1, -0.05) is 0 Å². The van der Waals surface area contributed by atoms with E-state index in [2.05, 4.69) is 5.32 Å². The summed E-state index contributed by atoms with van der Waals surface area (Å²) in [5, 5.41) is 21.8. The molecule has 0 aliphatic carbocycles. The molecule has 1 amide bonds. The van der Waals surface area contributed by atoms with E-state index in [1.807, 2.05) is 0 Å². The van der Waals surface area contributed by atoms with Crippen molar-refractivity contribution in [1.82, 2.24) is 5.32 Å². The molecule has 2 N–H and O–H groups in total. The Balaban J connectivity index is 2.80. The number of aliphatic hydroxyl groups is 1. The molecular formula is C12H14F2N2O4. The van der Waals surface area contributed by atoms with E-state index >= 15 is 0 Å². The quantitative estimate of drug-likeness (QED) is 0.474. The van der Waals surface area contributed by atoms with E-state index in [4.69, 9.17) is 5.11 Å². The molecule has 0 saturated carbocycles. The first kappa shape index (κ1) is 16.0. The van der Waals surface area contributed by atoms with Crippen LogP contribution in [0.5, 0.6) is 0 Å². The number of carbonyl (C=O) groups excluding carboxylic acids is 1. The van der Waals surface area contributed by atoms with E-state index in [9.17, 15) is 23.7 Å². The van der Waals surface area contributed by atoms with E-state index in [-0.39, 0.29) is 6.54 Å². The molecule has 0 aliphatic rings. The monoisotopic (exact) mass is 288 g/mol. The van der Waals surface area contributed by atoms with Crippen molar-refractivity contribution in [3.63, 3.8) is 0 Å². The van der Waals surface area contributed by atoms with E-state index in [1.54, 1.807) is 6.92 Å². The van der Waals surface area contributed by atoms with Crippen LogP contribution in [0.4, 0.5) is 14.5 Å². The first-order valence-electron chi connectivity index (χ1n) is 5.92. The predicted octanol–water partition coefficient (Wildman–Crippen LogP) is 1.76. The Hall–Kier alpha value is -2.09. The maximum atomic E-state index is 13.7. The van der Waals surface area contributed by atoms with Gasteiger partial charge < -0.3 is 10.4 Å². The third-order valence-electron chi connectivity index (χ3n) is 2.54. The van der Waals surface area contributed by atoms with Crippen molar-refractivity contribution in [3.8, 4) is 0 Å². The van der Waals surface area contributed by atoms with Crippen LogP contribution in [-0.2, 0) is 0 Å². The Morgan fingerprint density at radius 3 is 2.70 bits per heavy atom. The third kappa shape index (κ3) is 4.23. The van der Waals surface area contributed by atoms with Crippen LogP contribution in [0.2, 0.25) is 0 Å². The lowest BCUT2D eigenvalue weighted by atomic mass is 10.1. The van der Waals surface area contributed by atoms with Gasteiger partial charge in [-0.05, 0) is 25.8 Å². The van der Waals surface area contributed by atoms with Crippen molar-refractivity contribution < 1.29 is 23.6 Å². The summed E-state index contributed by atoms with van der Waals surface area (Å²) in [7, 11) is 0. The zero-order valence-electron chi connectivity index (χ0n) is 10.7. The number of nitro groups is 1. The van der Waals surface area contributed by atoms with Gasteiger partial charge in [-0.2, -0.15) is 4.39 Å². The summed E-state index contributed by atoms with van der Waals surface area (Å²) in [6.45, 7) is 1.73. The molecule has 0 saturated heterocycles. The molecule has 0 spiro atoms. The molecule has 0 bridgehead atoms. The summed E-state index contributed by atoms with van der Waals surface area (Å²) in [4.78, 5) is 21.1. The average molecular weight is 288 g/mol. The molecule has 1 atom stereocenters. The number of nitrogens with zero attached hydrogens (tertiary/aromatic N) is 1. The lowest BCUT2D eigenvalue weighted by Crippen LogP contribution is -2.26. The number of rotatable bonds is 6. The Bertz CT molecular complexity index is 520. The van der Waals surface area contributed by atoms with E-state index < -0.39 is 39.8 Å². The second-order valence-electron chi connectivity index (χ2n) is 4.29. The first-order valence-corrected chi connectivity index (χ1v) is 5.92. The number of amides is 1. The fraction of sp³-hybridized carbons (Fsp3) is 0.417. The second kappa shape index (κ2) is 6.90. The fourth-order valence-corrected chi connectivity index (χ4v) is 1.57. The molecule has 8 heteroatoms. The second-order valence-corrected chi connectivity index (χ2v) is 4.29. The minimum atomic E-state index is -1.37. The number of halogens is 2. The van der Waals surface area contributed by atoms with Crippen LogP contribution in [0.1, 0.15) is 30.1 Å². The Morgan fingerprint density at radius 1 is 1.50 bits per heavy atom. The largest absolute Gasteiger partial charge is 0.393 e. The highest BCUT2D eigenvalue weighted by molar-refractivity contribution is 5.95. The molecule has 110 valence electrons. The lowest BCUT2D eigenvalue weighted by molar-refractivity contribution is -0.387. The molecule has 1 unspecified atom stereocenters. The third-order valence-corrected chi connectivity index (χ3v) is 2.54. The van der Waals surface area contributed by atoms with Crippen LogP contribution >= 0.6 is 0 Å². The van der Waals surface area contributed by atoms with Crippen molar-refractivity contribution in [1.29, 1.82) is 0 Å². The zero-order valence-corrected chi connectivity index (χ0v) is 10.7. The van der Waals surface area contributed by atoms with Crippen LogP contribution in [-0.4, -0.2) is 28.6 Å². The van der Waals surface area contributed by atoms with Crippen LogP contribution in [0.15, 0.2) is 12.1 Å².